The summed E-state index contributed by atoms with van der Waals surface area (Å²) in [5.41, 5.74) is -1.80. The fraction of sp³-hybridized carbons (Fsp3) is 0.704. The summed E-state index contributed by atoms with van der Waals surface area (Å²) in [6.45, 7) is 5.96. The Bertz CT molecular complexity index is 1020. The van der Waals surface area contributed by atoms with Gasteiger partial charge in [-0.25, -0.2) is 4.79 Å². The van der Waals surface area contributed by atoms with E-state index < -0.39 is 16.2 Å². The van der Waals surface area contributed by atoms with Gasteiger partial charge in [0.2, 0.25) is 0 Å². The molecule has 0 aromatic carbocycles. The van der Waals surface area contributed by atoms with Crippen LogP contribution in [-0.4, -0.2) is 36.7 Å². The maximum absolute atomic E-state index is 13.9. The van der Waals surface area contributed by atoms with E-state index >= 15 is 0 Å². The normalized spacial score (nSPS) is 40.9. The molecule has 0 N–H and O–H groups in total. The number of Topliss-reactive ketones (excluding diaryl/α,β-unsaturated/α-hetero) is 2. The summed E-state index contributed by atoms with van der Waals surface area (Å²) in [6, 6.07) is 3.57. The molecule has 1 heterocycles. The average molecular weight is 487 g/mol. The first-order valence-corrected chi connectivity index (χ1v) is 13.4. The number of carbonyl (C=O) groups is 4. The summed E-state index contributed by atoms with van der Waals surface area (Å²) >= 11 is 1.35. The molecule has 5 fully saturated rings. The van der Waals surface area contributed by atoms with Crippen LogP contribution in [0.25, 0.3) is 0 Å². The molecule has 0 aliphatic heterocycles. The largest absolute Gasteiger partial charge is 0.465 e. The van der Waals surface area contributed by atoms with Crippen molar-refractivity contribution in [3.8, 4) is 0 Å². The van der Waals surface area contributed by atoms with E-state index in [1.165, 1.54) is 18.3 Å². The highest BCUT2D eigenvalue weighted by atomic mass is 32.1. The second kappa shape index (κ2) is 8.28. The van der Waals surface area contributed by atoms with E-state index in [1.54, 1.807) is 6.07 Å². The minimum Gasteiger partial charge on any atom is -0.465 e. The molecule has 0 amide bonds. The maximum Gasteiger partial charge on any atom is 0.348 e. The highest BCUT2D eigenvalue weighted by molar-refractivity contribution is 7.11. The summed E-state index contributed by atoms with van der Waals surface area (Å²) in [4.78, 5) is 52.6. The Morgan fingerprint density at radius 3 is 2.62 bits per heavy atom. The Labute approximate surface area is 204 Å². The summed E-state index contributed by atoms with van der Waals surface area (Å²) < 4.78 is 11.5. The van der Waals surface area contributed by atoms with E-state index in [4.69, 9.17) is 9.47 Å². The van der Waals surface area contributed by atoms with Gasteiger partial charge >= 0.3 is 11.9 Å². The van der Waals surface area contributed by atoms with Gasteiger partial charge in [-0.15, -0.1) is 11.3 Å². The summed E-state index contributed by atoms with van der Waals surface area (Å²) in [6.07, 6.45) is 5.21. The quantitative estimate of drug-likeness (QED) is 0.437. The van der Waals surface area contributed by atoms with Crippen LogP contribution in [0.4, 0.5) is 0 Å². The number of rotatable bonds is 5. The summed E-state index contributed by atoms with van der Waals surface area (Å²) in [5, 5.41) is 1.85. The first-order chi connectivity index (χ1) is 16.1. The first kappa shape index (κ1) is 23.7. The lowest BCUT2D eigenvalue weighted by Gasteiger charge is -2.67. The molecule has 5 aliphatic rings. The van der Waals surface area contributed by atoms with Gasteiger partial charge in [0, 0.05) is 30.1 Å². The third-order valence-corrected chi connectivity index (χ3v) is 10.8. The van der Waals surface area contributed by atoms with Gasteiger partial charge in [-0.1, -0.05) is 26.3 Å². The van der Waals surface area contributed by atoms with Crippen LogP contribution in [-0.2, 0) is 23.9 Å². The van der Waals surface area contributed by atoms with Crippen LogP contribution >= 0.6 is 11.3 Å². The van der Waals surface area contributed by atoms with Gasteiger partial charge < -0.3 is 9.47 Å². The van der Waals surface area contributed by atoms with Crippen LogP contribution in [0.2, 0.25) is 0 Å². The standard InChI is InChI=1S/C27H34O6S/c1-16-18-7-10-27(23(16)30)21(12-18)26(15-32-17(2)28)9-5-8-25(3,20(26)13-22(27)29)14-33-24(31)19-6-4-11-34-19/h4,6,11,16,18,20-21H,5,7-10,12-15H2,1-3H3/t16?,18-,20?,21?,25-,26?,27?/m0/s1. The lowest BCUT2D eigenvalue weighted by atomic mass is 9.35. The van der Waals surface area contributed by atoms with Crippen molar-refractivity contribution in [2.75, 3.05) is 13.2 Å². The number of esters is 2. The minimum absolute atomic E-state index is 0.0636. The predicted molar refractivity (Wildman–Crippen MR) is 126 cm³/mol. The molecule has 6 nitrogen and oxygen atoms in total. The van der Waals surface area contributed by atoms with Gasteiger partial charge in [-0.2, -0.15) is 0 Å². The first-order valence-electron chi connectivity index (χ1n) is 12.6. The molecule has 34 heavy (non-hydrogen) atoms. The molecule has 1 spiro atoms. The molecular formula is C27H34O6S. The fourth-order valence-corrected chi connectivity index (χ4v) is 8.87. The number of hydrogen-bond donors (Lipinski definition) is 0. The van der Waals surface area contributed by atoms with Crippen molar-refractivity contribution < 1.29 is 28.7 Å². The topological polar surface area (TPSA) is 86.7 Å². The van der Waals surface area contributed by atoms with Crippen molar-refractivity contribution in [3.63, 3.8) is 0 Å². The Morgan fingerprint density at radius 1 is 1.12 bits per heavy atom. The van der Waals surface area contributed by atoms with Crippen LogP contribution in [0.15, 0.2) is 17.5 Å². The Kier molecular flexibility index (Phi) is 5.78. The van der Waals surface area contributed by atoms with E-state index in [1.807, 2.05) is 18.4 Å². The lowest BCUT2D eigenvalue weighted by Crippen LogP contribution is -2.70. The van der Waals surface area contributed by atoms with Crippen molar-refractivity contribution in [1.29, 1.82) is 0 Å². The number of ether oxygens (including phenoxy) is 2. The van der Waals surface area contributed by atoms with Crippen LogP contribution in [0.1, 0.15) is 75.4 Å². The van der Waals surface area contributed by atoms with Crippen molar-refractivity contribution in [2.24, 2.45) is 39.9 Å². The molecule has 1 aromatic rings. The monoisotopic (exact) mass is 486 g/mol. The maximum atomic E-state index is 13.9. The smallest absolute Gasteiger partial charge is 0.348 e. The third-order valence-electron chi connectivity index (χ3n) is 9.91. The van der Waals surface area contributed by atoms with Crippen molar-refractivity contribution in [3.05, 3.63) is 22.4 Å². The zero-order chi connectivity index (χ0) is 24.3. The van der Waals surface area contributed by atoms with Crippen molar-refractivity contribution >= 4 is 34.8 Å². The fourth-order valence-electron chi connectivity index (χ4n) is 8.25. The van der Waals surface area contributed by atoms with Crippen LogP contribution in [0, 0.1) is 39.9 Å². The highest BCUT2D eigenvalue weighted by Crippen LogP contribution is 2.70. The van der Waals surface area contributed by atoms with Gasteiger partial charge in [-0.05, 0) is 61.3 Å². The van der Waals surface area contributed by atoms with E-state index in [2.05, 4.69) is 6.92 Å². The predicted octanol–water partition coefficient (Wildman–Crippen LogP) is 4.86. The Balaban J connectivity index is 1.51. The second-order valence-corrected chi connectivity index (χ2v) is 12.4. The van der Waals surface area contributed by atoms with Gasteiger partial charge in [0.05, 0.1) is 18.6 Å². The molecule has 0 saturated heterocycles. The van der Waals surface area contributed by atoms with Gasteiger partial charge in [0.15, 0.2) is 0 Å². The van der Waals surface area contributed by atoms with Gasteiger partial charge in [0.25, 0.3) is 0 Å². The van der Waals surface area contributed by atoms with Crippen LogP contribution in [0.3, 0.4) is 0 Å². The zero-order valence-electron chi connectivity index (χ0n) is 20.3. The molecule has 2 bridgehead atoms. The number of hydrogen-bond acceptors (Lipinski definition) is 7. The highest BCUT2D eigenvalue weighted by Gasteiger charge is 2.72. The lowest BCUT2D eigenvalue weighted by molar-refractivity contribution is -0.214. The molecule has 0 radical (unpaired) electrons. The Hall–Kier alpha value is -2.02. The number of thiophene rings is 1. The zero-order valence-corrected chi connectivity index (χ0v) is 21.1. The molecule has 184 valence electrons. The number of fused-ring (bicyclic) bond motifs is 3. The SMILES string of the molecule is CC(=O)OCC12CCC[C@@](C)(COC(=O)c3cccs3)C1CC(=O)C13CC[C@@H](CC12)C(C)C3=O. The minimum atomic E-state index is -0.934. The Morgan fingerprint density at radius 2 is 1.91 bits per heavy atom. The van der Waals surface area contributed by atoms with E-state index in [9.17, 15) is 19.2 Å². The van der Waals surface area contributed by atoms with E-state index in [-0.39, 0.29) is 66.8 Å². The van der Waals surface area contributed by atoms with Crippen LogP contribution in [0.5, 0.6) is 0 Å². The molecule has 7 heteroatoms. The summed E-state index contributed by atoms with van der Waals surface area (Å²) in [5.74, 6) is -0.517. The average Bonchev–Trinajstić information content (AvgIpc) is 3.36. The van der Waals surface area contributed by atoms with E-state index in [0.717, 1.165) is 32.1 Å². The molecule has 5 aliphatic carbocycles. The van der Waals surface area contributed by atoms with Crippen molar-refractivity contribution in [1.82, 2.24) is 0 Å². The number of carbonyl (C=O) groups excluding carboxylic acids is 4. The molecular weight excluding hydrogens is 452 g/mol. The number of ketones is 2. The third kappa shape index (κ3) is 3.33. The molecule has 5 unspecified atom stereocenters. The molecule has 1 aromatic heterocycles. The summed E-state index contributed by atoms with van der Waals surface area (Å²) in [7, 11) is 0. The molecule has 5 saturated carbocycles. The van der Waals surface area contributed by atoms with Crippen LogP contribution < -0.4 is 0 Å². The molecule has 7 atom stereocenters. The van der Waals surface area contributed by atoms with Gasteiger partial charge in [0.1, 0.15) is 16.4 Å². The van der Waals surface area contributed by atoms with E-state index in [0.29, 0.717) is 11.3 Å². The van der Waals surface area contributed by atoms with Gasteiger partial charge in [-0.3, -0.25) is 14.4 Å². The molecule has 6 rings (SSSR count). The second-order valence-electron chi connectivity index (χ2n) is 11.5. The van der Waals surface area contributed by atoms with Crippen molar-refractivity contribution in [2.45, 2.75) is 65.7 Å².